The first kappa shape index (κ1) is 22.0. The summed E-state index contributed by atoms with van der Waals surface area (Å²) in [7, 11) is 0. The summed E-state index contributed by atoms with van der Waals surface area (Å²) in [4.78, 5) is 36.6. The minimum absolute atomic E-state index is 0.253. The molecule has 0 aliphatic carbocycles. The molecule has 1 aliphatic heterocycles. The highest BCUT2D eigenvalue weighted by Gasteiger charge is 2.33. The quantitative estimate of drug-likeness (QED) is 0.438. The van der Waals surface area contributed by atoms with Gasteiger partial charge in [-0.25, -0.2) is 4.99 Å². The summed E-state index contributed by atoms with van der Waals surface area (Å²) in [6, 6.07) is 27.0. The highest BCUT2D eigenvalue weighted by atomic mass is 32.2. The number of benzene rings is 3. The summed E-state index contributed by atoms with van der Waals surface area (Å²) in [5, 5.41) is 3.80. The van der Waals surface area contributed by atoms with E-state index in [1.807, 2.05) is 85.1 Å². The largest absolute Gasteiger partial charge is 0.351 e. The van der Waals surface area contributed by atoms with Crippen molar-refractivity contribution in [3.05, 3.63) is 102 Å². The van der Waals surface area contributed by atoms with Gasteiger partial charge in [-0.05, 0) is 24.5 Å². The van der Waals surface area contributed by atoms with E-state index in [-0.39, 0.29) is 11.8 Å². The lowest BCUT2D eigenvalue weighted by molar-refractivity contribution is -0.120. The number of nitrogens with zero attached hydrogens (tertiary/aromatic N) is 2. The molecule has 3 aromatic carbocycles. The molecular formula is C27H24N4O2S. The lowest BCUT2D eigenvalue weighted by atomic mass is 10.0. The summed E-state index contributed by atoms with van der Waals surface area (Å²) in [5.74, 6) is 0.141. The molecule has 0 saturated carbocycles. The zero-order chi connectivity index (χ0) is 23.5. The van der Waals surface area contributed by atoms with Gasteiger partial charge in [-0.15, -0.1) is 0 Å². The van der Waals surface area contributed by atoms with Crippen molar-refractivity contribution in [2.75, 3.05) is 23.5 Å². The van der Waals surface area contributed by atoms with Crippen molar-refractivity contribution in [2.24, 2.45) is 4.99 Å². The van der Waals surface area contributed by atoms with Crippen LogP contribution in [0.25, 0.3) is 10.9 Å². The molecule has 1 atom stereocenters. The summed E-state index contributed by atoms with van der Waals surface area (Å²) < 4.78 is 0. The van der Waals surface area contributed by atoms with Gasteiger partial charge in [0, 0.05) is 34.3 Å². The number of fused-ring (bicyclic) bond motifs is 2. The Bertz CT molecular complexity index is 1350. The minimum Gasteiger partial charge on any atom is -0.351 e. The van der Waals surface area contributed by atoms with Gasteiger partial charge in [0.1, 0.15) is 5.69 Å². The molecule has 1 aliphatic rings. The average Bonchev–Trinajstić information content (AvgIpc) is 3.28. The molecule has 170 valence electrons. The van der Waals surface area contributed by atoms with Crippen molar-refractivity contribution in [3.63, 3.8) is 0 Å². The number of aliphatic imine (C=N–C) groups is 1. The highest BCUT2D eigenvalue weighted by Crippen LogP contribution is 2.28. The van der Waals surface area contributed by atoms with Crippen LogP contribution in [0.4, 0.5) is 5.69 Å². The number of rotatable bonds is 6. The molecule has 6 nitrogen and oxygen atoms in total. The number of hydrogen-bond donors (Lipinski definition) is 2. The Morgan fingerprint density at radius 2 is 1.76 bits per heavy atom. The number of para-hydroxylation sites is 2. The first-order chi connectivity index (χ1) is 16.7. The van der Waals surface area contributed by atoms with Crippen molar-refractivity contribution in [1.29, 1.82) is 0 Å². The normalized spacial score (nSPS) is 15.6. The molecular weight excluding hydrogens is 444 g/mol. The minimum atomic E-state index is -1.05. The van der Waals surface area contributed by atoms with Crippen LogP contribution in [0.1, 0.15) is 21.6 Å². The second-order valence-electron chi connectivity index (χ2n) is 7.99. The second kappa shape index (κ2) is 9.57. The van der Waals surface area contributed by atoms with E-state index in [0.717, 1.165) is 33.5 Å². The van der Waals surface area contributed by atoms with Crippen LogP contribution in [0.3, 0.4) is 0 Å². The van der Waals surface area contributed by atoms with Gasteiger partial charge in [-0.3, -0.25) is 9.59 Å². The topological polar surface area (TPSA) is 77.6 Å². The molecule has 0 unspecified atom stereocenters. The van der Waals surface area contributed by atoms with Crippen LogP contribution < -0.4 is 10.2 Å². The Hall–Kier alpha value is -3.84. The van der Waals surface area contributed by atoms with Gasteiger partial charge in [-0.2, -0.15) is 11.8 Å². The zero-order valence-corrected chi connectivity index (χ0v) is 19.5. The Morgan fingerprint density at radius 1 is 1.03 bits per heavy atom. The van der Waals surface area contributed by atoms with Crippen molar-refractivity contribution in [2.45, 2.75) is 6.17 Å². The van der Waals surface area contributed by atoms with Gasteiger partial charge in [0.05, 0.1) is 11.4 Å². The predicted molar refractivity (Wildman–Crippen MR) is 139 cm³/mol. The standard InChI is InChI=1S/C27H24N4O2S/c1-34-16-15-31-23-14-8-6-12-20(23)24(18-9-3-2-4-10-18)29-25(27(31)33)30-26(32)22-17-19-11-5-7-13-21(19)28-22/h2-14,17,25,28H,15-16H2,1H3,(H,30,32)/t25-/m1/s1. The van der Waals surface area contributed by atoms with E-state index in [2.05, 4.69) is 10.3 Å². The third-order valence-electron chi connectivity index (χ3n) is 5.82. The third kappa shape index (κ3) is 4.22. The second-order valence-corrected chi connectivity index (χ2v) is 8.98. The fourth-order valence-corrected chi connectivity index (χ4v) is 4.53. The van der Waals surface area contributed by atoms with Gasteiger partial charge < -0.3 is 15.2 Å². The maximum atomic E-state index is 13.7. The first-order valence-electron chi connectivity index (χ1n) is 11.1. The fraction of sp³-hybridized carbons (Fsp3) is 0.148. The van der Waals surface area contributed by atoms with E-state index in [1.54, 1.807) is 22.7 Å². The van der Waals surface area contributed by atoms with E-state index >= 15 is 0 Å². The average molecular weight is 469 g/mol. The summed E-state index contributed by atoms with van der Waals surface area (Å²) in [6.07, 6.45) is 0.957. The Balaban J connectivity index is 1.57. The van der Waals surface area contributed by atoms with Crippen LogP contribution in [0.5, 0.6) is 0 Å². The number of anilines is 1. The van der Waals surface area contributed by atoms with E-state index < -0.39 is 6.17 Å². The van der Waals surface area contributed by atoms with Gasteiger partial charge in [-0.1, -0.05) is 66.7 Å². The van der Waals surface area contributed by atoms with E-state index in [1.165, 1.54) is 0 Å². The van der Waals surface area contributed by atoms with Crippen molar-refractivity contribution >= 4 is 45.9 Å². The number of H-pyrrole nitrogens is 1. The van der Waals surface area contributed by atoms with Crippen LogP contribution in [-0.2, 0) is 4.79 Å². The van der Waals surface area contributed by atoms with Crippen molar-refractivity contribution < 1.29 is 9.59 Å². The number of thioether (sulfide) groups is 1. The molecule has 1 aromatic heterocycles. The Labute approximate surface area is 202 Å². The Morgan fingerprint density at radius 3 is 2.56 bits per heavy atom. The highest BCUT2D eigenvalue weighted by molar-refractivity contribution is 7.98. The maximum Gasteiger partial charge on any atom is 0.272 e. The lowest BCUT2D eigenvalue weighted by Gasteiger charge is -2.25. The van der Waals surface area contributed by atoms with Gasteiger partial charge >= 0.3 is 0 Å². The smallest absolute Gasteiger partial charge is 0.272 e. The summed E-state index contributed by atoms with van der Waals surface area (Å²) in [5.41, 5.74) is 4.49. The molecule has 0 saturated heterocycles. The van der Waals surface area contributed by atoms with E-state index in [9.17, 15) is 9.59 Å². The molecule has 0 radical (unpaired) electrons. The zero-order valence-electron chi connectivity index (χ0n) is 18.7. The molecule has 0 spiro atoms. The fourth-order valence-electron chi connectivity index (χ4n) is 4.16. The first-order valence-corrected chi connectivity index (χ1v) is 12.5. The predicted octanol–water partition coefficient (Wildman–Crippen LogP) is 4.47. The SMILES string of the molecule is CSCCN1C(=O)[C@@H](NC(=O)c2cc3ccccc3[nH]2)N=C(c2ccccc2)c2ccccc21. The number of amides is 2. The van der Waals surface area contributed by atoms with Crippen LogP contribution in [0, 0.1) is 0 Å². The molecule has 7 heteroatoms. The Kier molecular flexibility index (Phi) is 6.18. The van der Waals surface area contributed by atoms with E-state index in [4.69, 9.17) is 4.99 Å². The lowest BCUT2D eigenvalue weighted by Crippen LogP contribution is -2.48. The van der Waals surface area contributed by atoms with E-state index in [0.29, 0.717) is 18.0 Å². The molecule has 2 N–H and O–H groups in total. The van der Waals surface area contributed by atoms with Crippen LogP contribution >= 0.6 is 11.8 Å². The molecule has 5 rings (SSSR count). The third-order valence-corrected chi connectivity index (χ3v) is 6.41. The van der Waals surface area contributed by atoms with Gasteiger partial charge in [0.2, 0.25) is 6.17 Å². The molecule has 2 amide bonds. The molecule has 2 heterocycles. The van der Waals surface area contributed by atoms with Crippen LogP contribution in [0.2, 0.25) is 0 Å². The monoisotopic (exact) mass is 468 g/mol. The summed E-state index contributed by atoms with van der Waals surface area (Å²) in [6.45, 7) is 0.521. The van der Waals surface area contributed by atoms with Crippen molar-refractivity contribution in [1.82, 2.24) is 10.3 Å². The molecule has 4 aromatic rings. The number of carbonyl (C=O) groups excluding carboxylic acids is 2. The summed E-state index contributed by atoms with van der Waals surface area (Å²) >= 11 is 1.67. The molecule has 34 heavy (non-hydrogen) atoms. The number of carbonyl (C=O) groups is 2. The number of hydrogen-bond acceptors (Lipinski definition) is 4. The number of nitrogens with one attached hydrogen (secondary N) is 2. The maximum absolute atomic E-state index is 13.7. The van der Waals surface area contributed by atoms with Crippen molar-refractivity contribution in [3.8, 4) is 0 Å². The number of aromatic amines is 1. The molecule has 0 bridgehead atoms. The van der Waals surface area contributed by atoms with Crippen LogP contribution in [-0.4, -0.2) is 47.2 Å². The van der Waals surface area contributed by atoms with Crippen LogP contribution in [0.15, 0.2) is 89.9 Å². The molecule has 0 fully saturated rings. The van der Waals surface area contributed by atoms with Gasteiger partial charge in [0.15, 0.2) is 0 Å². The number of aromatic nitrogens is 1. The van der Waals surface area contributed by atoms with Gasteiger partial charge in [0.25, 0.3) is 11.8 Å². The number of benzodiazepines with no additional fused rings is 1.